The van der Waals surface area contributed by atoms with Crippen LogP contribution in [-0.2, 0) is 16.1 Å². The summed E-state index contributed by atoms with van der Waals surface area (Å²) in [6, 6.07) is 2.04. The van der Waals surface area contributed by atoms with E-state index in [0.29, 0.717) is 24.3 Å². The number of carbonyl (C=O) groups is 4. The van der Waals surface area contributed by atoms with E-state index in [0.717, 1.165) is 0 Å². The minimum Gasteiger partial charge on any atom is -0.465 e. The van der Waals surface area contributed by atoms with Crippen LogP contribution in [0, 0.1) is 5.82 Å². The lowest BCUT2D eigenvalue weighted by atomic mass is 10.0. The monoisotopic (exact) mass is 390 g/mol. The van der Waals surface area contributed by atoms with Gasteiger partial charge < -0.3 is 19.8 Å². The molecule has 0 spiro atoms. The van der Waals surface area contributed by atoms with E-state index in [1.54, 1.807) is 11.0 Å². The molecule has 3 heterocycles. The Hall–Kier alpha value is -3.17. The normalized spacial score (nSPS) is 22.4. The van der Waals surface area contributed by atoms with Crippen LogP contribution in [0.15, 0.2) is 12.1 Å². The molecule has 0 saturated carbocycles. The molecular formula is C18H19FN4O5. The fourth-order valence-electron chi connectivity index (χ4n) is 3.96. The Bertz CT molecular complexity index is 881. The van der Waals surface area contributed by atoms with Gasteiger partial charge in [-0.15, -0.1) is 0 Å². The predicted octanol–water partition coefficient (Wildman–Crippen LogP) is 0.387. The highest BCUT2D eigenvalue weighted by atomic mass is 19.1. The second-order valence-electron chi connectivity index (χ2n) is 7.12. The molecule has 3 aliphatic heterocycles. The number of piperidine rings is 1. The molecule has 0 aliphatic carbocycles. The number of imide groups is 1. The van der Waals surface area contributed by atoms with E-state index < -0.39 is 29.8 Å². The van der Waals surface area contributed by atoms with Crippen LogP contribution in [0.2, 0.25) is 0 Å². The largest absolute Gasteiger partial charge is 0.465 e. The molecule has 9 nitrogen and oxygen atoms in total. The van der Waals surface area contributed by atoms with Gasteiger partial charge in [-0.25, -0.2) is 9.18 Å². The van der Waals surface area contributed by atoms with Crippen LogP contribution >= 0.6 is 0 Å². The summed E-state index contributed by atoms with van der Waals surface area (Å²) < 4.78 is 14.7. The molecule has 0 radical (unpaired) electrons. The molecule has 2 saturated heterocycles. The first kappa shape index (κ1) is 18.2. The zero-order valence-electron chi connectivity index (χ0n) is 15.0. The van der Waals surface area contributed by atoms with Gasteiger partial charge in [0.25, 0.3) is 5.91 Å². The van der Waals surface area contributed by atoms with Gasteiger partial charge in [-0.2, -0.15) is 0 Å². The molecule has 0 aromatic heterocycles. The number of hydrogen-bond donors (Lipinski definition) is 2. The molecule has 148 valence electrons. The molecule has 1 atom stereocenters. The van der Waals surface area contributed by atoms with Crippen molar-refractivity contribution in [3.63, 3.8) is 0 Å². The quantitative estimate of drug-likeness (QED) is 0.707. The first-order valence-corrected chi connectivity index (χ1v) is 9.05. The van der Waals surface area contributed by atoms with Gasteiger partial charge in [0.2, 0.25) is 11.8 Å². The van der Waals surface area contributed by atoms with Crippen LogP contribution in [0.3, 0.4) is 0 Å². The Labute approximate surface area is 159 Å². The van der Waals surface area contributed by atoms with E-state index in [-0.39, 0.29) is 43.9 Å². The average molecular weight is 390 g/mol. The Morgan fingerprint density at radius 2 is 1.86 bits per heavy atom. The van der Waals surface area contributed by atoms with Crippen molar-refractivity contribution < 1.29 is 28.7 Å². The number of anilines is 1. The Morgan fingerprint density at radius 3 is 2.50 bits per heavy atom. The minimum atomic E-state index is -1.00. The van der Waals surface area contributed by atoms with Gasteiger partial charge in [0.15, 0.2) is 0 Å². The number of benzene rings is 1. The number of carboxylic acid groups (broad SMARTS) is 1. The smallest absolute Gasteiger partial charge is 0.407 e. The van der Waals surface area contributed by atoms with Crippen LogP contribution in [0.4, 0.5) is 14.9 Å². The Kier molecular flexibility index (Phi) is 4.40. The van der Waals surface area contributed by atoms with Gasteiger partial charge in [0.05, 0.1) is 5.69 Å². The van der Waals surface area contributed by atoms with Crippen molar-refractivity contribution in [1.29, 1.82) is 0 Å². The lowest BCUT2D eigenvalue weighted by Gasteiger charge is -2.34. The third-order valence-electron chi connectivity index (χ3n) is 5.48. The number of nitrogens with one attached hydrogen (secondary N) is 1. The molecule has 1 aromatic rings. The number of piperazine rings is 1. The van der Waals surface area contributed by atoms with Gasteiger partial charge in [-0.1, -0.05) is 0 Å². The van der Waals surface area contributed by atoms with E-state index in [2.05, 4.69) is 5.32 Å². The third-order valence-corrected chi connectivity index (χ3v) is 5.48. The van der Waals surface area contributed by atoms with Crippen molar-refractivity contribution in [2.75, 3.05) is 31.1 Å². The van der Waals surface area contributed by atoms with Crippen molar-refractivity contribution in [3.05, 3.63) is 29.1 Å². The highest BCUT2D eigenvalue weighted by molar-refractivity contribution is 6.05. The van der Waals surface area contributed by atoms with Gasteiger partial charge in [-0.05, 0) is 24.1 Å². The molecule has 3 aliphatic rings. The number of rotatable bonds is 2. The summed E-state index contributed by atoms with van der Waals surface area (Å²) in [4.78, 5) is 51.5. The molecular weight excluding hydrogens is 371 g/mol. The SMILES string of the molecule is O=C1CCC(N2Cc3cc(N4CCN(C(=O)O)CC4)c(F)cc3C2=O)C(=O)N1. The summed E-state index contributed by atoms with van der Waals surface area (Å²) in [5, 5.41) is 11.3. The maximum Gasteiger partial charge on any atom is 0.407 e. The Morgan fingerprint density at radius 1 is 1.14 bits per heavy atom. The average Bonchev–Trinajstić information content (AvgIpc) is 2.97. The maximum absolute atomic E-state index is 14.7. The topological polar surface area (TPSA) is 110 Å². The van der Waals surface area contributed by atoms with Crippen molar-refractivity contribution in [2.24, 2.45) is 0 Å². The van der Waals surface area contributed by atoms with Crippen molar-refractivity contribution in [2.45, 2.75) is 25.4 Å². The van der Waals surface area contributed by atoms with Gasteiger partial charge in [0, 0.05) is 44.7 Å². The van der Waals surface area contributed by atoms with Crippen molar-refractivity contribution in [1.82, 2.24) is 15.1 Å². The Balaban J connectivity index is 1.54. The molecule has 28 heavy (non-hydrogen) atoms. The van der Waals surface area contributed by atoms with E-state index in [1.807, 2.05) is 0 Å². The van der Waals surface area contributed by atoms with E-state index in [4.69, 9.17) is 5.11 Å². The minimum absolute atomic E-state index is 0.157. The number of carbonyl (C=O) groups excluding carboxylic acids is 3. The van der Waals surface area contributed by atoms with Crippen molar-refractivity contribution >= 4 is 29.5 Å². The number of halogens is 1. The van der Waals surface area contributed by atoms with Crippen LogP contribution < -0.4 is 10.2 Å². The summed E-state index contributed by atoms with van der Waals surface area (Å²) in [5.41, 5.74) is 1.16. The van der Waals surface area contributed by atoms with Crippen LogP contribution in [0.5, 0.6) is 0 Å². The zero-order chi connectivity index (χ0) is 20.0. The van der Waals surface area contributed by atoms with Gasteiger partial charge in [0.1, 0.15) is 11.9 Å². The molecule has 10 heteroatoms. The number of nitrogens with zero attached hydrogens (tertiary/aromatic N) is 3. The summed E-state index contributed by atoms with van der Waals surface area (Å²) in [7, 11) is 0. The fraction of sp³-hybridized carbons (Fsp3) is 0.444. The molecule has 2 N–H and O–H groups in total. The second-order valence-corrected chi connectivity index (χ2v) is 7.12. The fourth-order valence-corrected chi connectivity index (χ4v) is 3.96. The van der Waals surface area contributed by atoms with Gasteiger partial charge in [-0.3, -0.25) is 19.7 Å². The highest BCUT2D eigenvalue weighted by Crippen LogP contribution is 2.32. The molecule has 2 fully saturated rings. The maximum atomic E-state index is 14.7. The van der Waals surface area contributed by atoms with Crippen LogP contribution in [0.1, 0.15) is 28.8 Å². The number of hydrogen-bond acceptors (Lipinski definition) is 5. The predicted molar refractivity (Wildman–Crippen MR) is 94.3 cm³/mol. The molecule has 0 bridgehead atoms. The van der Waals surface area contributed by atoms with Crippen LogP contribution in [-0.4, -0.2) is 70.9 Å². The van der Waals surface area contributed by atoms with Gasteiger partial charge >= 0.3 is 6.09 Å². The highest BCUT2D eigenvalue weighted by Gasteiger charge is 2.40. The molecule has 4 rings (SSSR count). The van der Waals surface area contributed by atoms with Crippen LogP contribution in [0.25, 0.3) is 0 Å². The van der Waals surface area contributed by atoms with E-state index >= 15 is 0 Å². The molecule has 1 aromatic carbocycles. The number of amides is 4. The van der Waals surface area contributed by atoms with Crippen molar-refractivity contribution in [3.8, 4) is 0 Å². The summed E-state index contributed by atoms with van der Waals surface area (Å²) in [6.45, 7) is 1.42. The summed E-state index contributed by atoms with van der Waals surface area (Å²) >= 11 is 0. The number of fused-ring (bicyclic) bond motifs is 1. The third kappa shape index (κ3) is 3.04. The van der Waals surface area contributed by atoms with E-state index in [1.165, 1.54) is 15.9 Å². The zero-order valence-corrected chi connectivity index (χ0v) is 15.0. The molecule has 4 amide bonds. The van der Waals surface area contributed by atoms with E-state index in [9.17, 15) is 23.6 Å². The summed E-state index contributed by atoms with van der Waals surface area (Å²) in [6.07, 6.45) is -0.597. The second kappa shape index (κ2) is 6.77. The lowest BCUT2D eigenvalue weighted by molar-refractivity contribution is -0.136. The standard InChI is InChI=1S/C18H19FN4O5/c19-12-8-11-10(7-14(12)21-3-5-22(6-4-21)18(27)28)9-23(17(11)26)13-1-2-15(24)20-16(13)25/h7-8,13H,1-6,9H2,(H,27,28)(H,20,24,25). The summed E-state index contributed by atoms with van der Waals surface area (Å²) in [5.74, 6) is -1.85. The molecule has 1 unspecified atom stereocenters. The first-order valence-electron chi connectivity index (χ1n) is 9.05. The first-order chi connectivity index (χ1) is 13.3. The lowest BCUT2D eigenvalue weighted by Crippen LogP contribution is -2.52.